The molecule has 0 amide bonds. The maximum absolute atomic E-state index is 12.5. The second kappa shape index (κ2) is 6.58. The lowest BCUT2D eigenvalue weighted by atomic mass is 10.2. The third-order valence-corrected chi connectivity index (χ3v) is 3.35. The first-order chi connectivity index (χ1) is 9.58. The number of halogens is 2. The largest absolute Gasteiger partial charge is 0.389 e. The predicted molar refractivity (Wildman–Crippen MR) is 79.5 cm³/mol. The van der Waals surface area contributed by atoms with Gasteiger partial charge in [0.1, 0.15) is 4.99 Å². The Balaban J connectivity index is 2.33. The molecule has 1 aromatic heterocycles. The summed E-state index contributed by atoms with van der Waals surface area (Å²) >= 11 is 5.36. The minimum absolute atomic E-state index is 0.154. The monoisotopic (exact) mass is 312 g/mol. The van der Waals surface area contributed by atoms with E-state index in [1.165, 1.54) is 6.20 Å². The fourth-order valence-corrected chi connectivity index (χ4v) is 2.28. The Hall–Kier alpha value is -1.80. The Bertz CT molecular complexity index is 622. The molecule has 0 fully saturated rings. The summed E-state index contributed by atoms with van der Waals surface area (Å²) in [6.45, 7) is 0. The van der Waals surface area contributed by atoms with Gasteiger partial charge >= 0.3 is 0 Å². The molecule has 0 saturated carbocycles. The normalized spacial score (nSPS) is 10.6. The number of anilines is 2. The van der Waals surface area contributed by atoms with Gasteiger partial charge in [-0.2, -0.15) is 13.9 Å². The first-order valence-electron chi connectivity index (χ1n) is 5.50. The van der Waals surface area contributed by atoms with Gasteiger partial charge in [-0.05, 0) is 18.2 Å². The average Bonchev–Trinajstić information content (AvgIpc) is 2.41. The molecule has 0 radical (unpaired) electrons. The van der Waals surface area contributed by atoms with Crippen LogP contribution in [0.1, 0.15) is 5.56 Å². The number of benzene rings is 1. The lowest BCUT2D eigenvalue weighted by Gasteiger charge is -2.12. The van der Waals surface area contributed by atoms with Gasteiger partial charge in [0.25, 0.3) is 5.76 Å². The van der Waals surface area contributed by atoms with E-state index >= 15 is 0 Å². The molecule has 0 atom stereocenters. The van der Waals surface area contributed by atoms with E-state index in [9.17, 15) is 8.78 Å². The molecule has 2 aromatic rings. The van der Waals surface area contributed by atoms with Crippen LogP contribution in [0.4, 0.5) is 20.3 Å². The van der Waals surface area contributed by atoms with Crippen LogP contribution in [0.3, 0.4) is 0 Å². The number of nitrogens with zero attached hydrogens (tertiary/aromatic N) is 2. The molecule has 2 rings (SSSR count). The summed E-state index contributed by atoms with van der Waals surface area (Å²) in [5.74, 6) is -2.17. The molecule has 0 spiro atoms. The van der Waals surface area contributed by atoms with Crippen molar-refractivity contribution in [3.8, 4) is 0 Å². The van der Waals surface area contributed by atoms with E-state index in [0.717, 1.165) is 0 Å². The number of thiocarbonyl (C=S) groups is 1. The Labute approximate surface area is 123 Å². The van der Waals surface area contributed by atoms with Crippen molar-refractivity contribution in [2.75, 3.05) is 5.32 Å². The molecule has 0 saturated heterocycles. The first kappa shape index (κ1) is 14.6. The molecule has 0 aliphatic carbocycles. The molecule has 1 aromatic carbocycles. The van der Waals surface area contributed by atoms with E-state index in [1.807, 2.05) is 0 Å². The third-order valence-electron chi connectivity index (χ3n) is 2.34. The summed E-state index contributed by atoms with van der Waals surface area (Å²) in [5.41, 5.74) is 6.59. The van der Waals surface area contributed by atoms with Gasteiger partial charge in [-0.1, -0.05) is 36.1 Å². The summed E-state index contributed by atoms with van der Waals surface area (Å²) in [4.78, 5) is 0.559. The number of nitrogens with two attached hydrogens (primary N) is 1. The highest BCUT2D eigenvalue weighted by Crippen LogP contribution is 2.33. The van der Waals surface area contributed by atoms with Crippen LogP contribution in [0.25, 0.3) is 0 Å². The van der Waals surface area contributed by atoms with Gasteiger partial charge in [0.15, 0.2) is 5.82 Å². The van der Waals surface area contributed by atoms with Crippen molar-refractivity contribution in [1.82, 2.24) is 10.2 Å². The quantitative estimate of drug-likeness (QED) is 0.653. The summed E-state index contributed by atoms with van der Waals surface area (Å²) in [6.07, 6.45) is 1.46. The Morgan fingerprint density at radius 3 is 2.75 bits per heavy atom. The highest BCUT2D eigenvalue weighted by atomic mass is 32.2. The molecule has 4 nitrogen and oxygen atoms in total. The van der Waals surface area contributed by atoms with Gasteiger partial charge in [0.05, 0.1) is 17.4 Å². The van der Waals surface area contributed by atoms with Crippen molar-refractivity contribution < 1.29 is 8.78 Å². The molecular formula is C12H10F2N4S2. The fourth-order valence-electron chi connectivity index (χ4n) is 1.52. The number of hydrogen-bond acceptors (Lipinski definition) is 5. The molecule has 20 heavy (non-hydrogen) atoms. The van der Waals surface area contributed by atoms with Crippen molar-refractivity contribution >= 4 is 40.5 Å². The molecule has 104 valence electrons. The smallest absolute Gasteiger partial charge is 0.288 e. The van der Waals surface area contributed by atoms with E-state index < -0.39 is 5.76 Å². The number of aromatic nitrogens is 2. The second-order valence-corrected chi connectivity index (χ2v) is 5.13. The fraction of sp³-hybridized carbons (Fsp3) is 0.0833. The van der Waals surface area contributed by atoms with Crippen LogP contribution in [0.5, 0.6) is 0 Å². The van der Waals surface area contributed by atoms with Gasteiger partial charge in [0, 0.05) is 4.90 Å². The molecular weight excluding hydrogens is 302 g/mol. The highest BCUT2D eigenvalue weighted by molar-refractivity contribution is 7.99. The van der Waals surface area contributed by atoms with Crippen LogP contribution >= 0.6 is 24.0 Å². The summed E-state index contributed by atoms with van der Waals surface area (Å²) < 4.78 is 25.0. The van der Waals surface area contributed by atoms with Crippen LogP contribution < -0.4 is 11.1 Å². The molecule has 0 aliphatic rings. The second-order valence-electron chi connectivity index (χ2n) is 3.66. The summed E-state index contributed by atoms with van der Waals surface area (Å²) in [7, 11) is 0. The number of alkyl halides is 2. The van der Waals surface area contributed by atoms with Crippen LogP contribution in [-0.4, -0.2) is 20.9 Å². The number of rotatable bonds is 5. The highest BCUT2D eigenvalue weighted by Gasteiger charge is 2.12. The Morgan fingerprint density at radius 1 is 1.30 bits per heavy atom. The predicted octanol–water partition coefficient (Wildman–Crippen LogP) is 3.17. The molecule has 0 bridgehead atoms. The minimum Gasteiger partial charge on any atom is -0.389 e. The Kier molecular flexibility index (Phi) is 4.80. The standard InChI is InChI=1S/C12H10F2N4S2/c13-12(14)20-9-4-2-1-3-8(9)17-11-7(10(15)19)5-6-16-18-11/h1-6,12H,(H2,15,19)(H,17,18). The zero-order valence-electron chi connectivity index (χ0n) is 10.1. The van der Waals surface area contributed by atoms with E-state index in [2.05, 4.69) is 15.5 Å². The third kappa shape index (κ3) is 3.61. The molecule has 8 heteroatoms. The summed E-state index contributed by atoms with van der Waals surface area (Å²) in [5, 5.41) is 10.6. The zero-order valence-corrected chi connectivity index (χ0v) is 11.7. The topological polar surface area (TPSA) is 63.8 Å². The minimum atomic E-state index is -2.50. The number of nitrogens with one attached hydrogen (secondary N) is 1. The van der Waals surface area contributed by atoms with Crippen molar-refractivity contribution in [2.45, 2.75) is 10.7 Å². The Morgan fingerprint density at radius 2 is 2.05 bits per heavy atom. The maximum atomic E-state index is 12.5. The van der Waals surface area contributed by atoms with Gasteiger partial charge in [-0.3, -0.25) is 0 Å². The number of para-hydroxylation sites is 1. The van der Waals surface area contributed by atoms with E-state index in [4.69, 9.17) is 18.0 Å². The van der Waals surface area contributed by atoms with Crippen LogP contribution in [0.2, 0.25) is 0 Å². The van der Waals surface area contributed by atoms with Crippen molar-refractivity contribution in [1.29, 1.82) is 0 Å². The SMILES string of the molecule is NC(=S)c1ccnnc1Nc1ccccc1SC(F)F. The van der Waals surface area contributed by atoms with E-state index in [0.29, 0.717) is 33.7 Å². The van der Waals surface area contributed by atoms with Crippen molar-refractivity contribution in [3.63, 3.8) is 0 Å². The van der Waals surface area contributed by atoms with E-state index in [-0.39, 0.29) is 4.99 Å². The molecule has 0 unspecified atom stereocenters. The maximum Gasteiger partial charge on any atom is 0.288 e. The van der Waals surface area contributed by atoms with Crippen LogP contribution in [0, 0.1) is 0 Å². The lowest BCUT2D eigenvalue weighted by Crippen LogP contribution is -2.13. The number of hydrogen-bond donors (Lipinski definition) is 2. The van der Waals surface area contributed by atoms with Gasteiger partial charge in [0.2, 0.25) is 0 Å². The number of thioether (sulfide) groups is 1. The zero-order chi connectivity index (χ0) is 14.5. The molecule has 0 aliphatic heterocycles. The van der Waals surface area contributed by atoms with Gasteiger partial charge in [-0.25, -0.2) is 0 Å². The molecule has 1 heterocycles. The van der Waals surface area contributed by atoms with Crippen LogP contribution in [-0.2, 0) is 0 Å². The van der Waals surface area contributed by atoms with E-state index in [1.54, 1.807) is 30.3 Å². The van der Waals surface area contributed by atoms with Crippen LogP contribution in [0.15, 0.2) is 41.4 Å². The van der Waals surface area contributed by atoms with Crippen molar-refractivity contribution in [2.24, 2.45) is 5.73 Å². The van der Waals surface area contributed by atoms with Gasteiger partial charge < -0.3 is 11.1 Å². The van der Waals surface area contributed by atoms with Crippen molar-refractivity contribution in [3.05, 3.63) is 42.1 Å². The lowest BCUT2D eigenvalue weighted by molar-refractivity contribution is 0.252. The summed E-state index contributed by atoms with van der Waals surface area (Å²) in [6, 6.07) is 8.29. The average molecular weight is 312 g/mol. The first-order valence-corrected chi connectivity index (χ1v) is 6.79. The van der Waals surface area contributed by atoms with Gasteiger partial charge in [-0.15, -0.1) is 5.10 Å². The molecule has 3 N–H and O–H groups in total.